The van der Waals surface area contributed by atoms with Gasteiger partial charge < -0.3 is 14.2 Å². The highest BCUT2D eigenvalue weighted by atomic mass is 19.4. The maximum Gasteiger partial charge on any atom is 0.411 e. The number of allylic oxidation sites excluding steroid dienone is 1. The highest BCUT2D eigenvalue weighted by Crippen LogP contribution is 2.23. The van der Waals surface area contributed by atoms with Gasteiger partial charge >= 0.3 is 12.8 Å². The number of alkyl halides is 5. The van der Waals surface area contributed by atoms with Gasteiger partial charge in [-0.3, -0.25) is 4.79 Å². The molecule has 0 bridgehead atoms. The number of carbonyl (C=O) groups is 1. The van der Waals surface area contributed by atoms with Gasteiger partial charge in [0, 0.05) is 11.1 Å². The van der Waals surface area contributed by atoms with Crippen LogP contribution in [0.4, 0.5) is 22.0 Å². The van der Waals surface area contributed by atoms with Crippen LogP contribution < -0.4 is 9.47 Å². The Balaban J connectivity index is 2.07. The number of benzene rings is 2. The minimum atomic E-state index is -4.44. The zero-order chi connectivity index (χ0) is 21.4. The number of hydrogen-bond donors (Lipinski definition) is 0. The normalized spacial score (nSPS) is 11.8. The fourth-order valence-corrected chi connectivity index (χ4v) is 2.36. The Labute approximate surface area is 163 Å². The van der Waals surface area contributed by atoms with Gasteiger partial charge in [-0.25, -0.2) is 0 Å². The average molecular weight is 416 g/mol. The molecule has 0 radical (unpaired) electrons. The molecule has 4 nitrogen and oxygen atoms in total. The van der Waals surface area contributed by atoms with Crippen molar-refractivity contribution in [3.05, 3.63) is 65.2 Å². The van der Waals surface area contributed by atoms with Crippen LogP contribution in [-0.4, -0.2) is 32.3 Å². The molecule has 2 aromatic rings. The van der Waals surface area contributed by atoms with Crippen molar-refractivity contribution in [1.82, 2.24) is 0 Å². The van der Waals surface area contributed by atoms with E-state index in [0.29, 0.717) is 16.9 Å². The number of rotatable bonds is 9. The Morgan fingerprint density at radius 3 is 2.38 bits per heavy atom. The molecule has 29 heavy (non-hydrogen) atoms. The van der Waals surface area contributed by atoms with Crippen LogP contribution in [0, 0.1) is 0 Å². The first kappa shape index (κ1) is 22.4. The Morgan fingerprint density at radius 1 is 1.10 bits per heavy atom. The second kappa shape index (κ2) is 10.0. The molecule has 0 saturated heterocycles. The van der Waals surface area contributed by atoms with Crippen molar-refractivity contribution in [2.24, 2.45) is 0 Å². The van der Waals surface area contributed by atoms with E-state index in [9.17, 15) is 26.7 Å². The molecule has 156 valence electrons. The number of methoxy groups -OCH3 is 1. The van der Waals surface area contributed by atoms with Crippen molar-refractivity contribution in [3.63, 3.8) is 0 Å². The molecule has 0 aromatic heterocycles. The summed E-state index contributed by atoms with van der Waals surface area (Å²) < 4.78 is 74.9. The number of ketones is 1. The molecule has 0 heterocycles. The van der Waals surface area contributed by atoms with Crippen LogP contribution >= 0.6 is 0 Å². The topological polar surface area (TPSA) is 44.8 Å². The third kappa shape index (κ3) is 7.53. The van der Waals surface area contributed by atoms with Crippen molar-refractivity contribution >= 4 is 11.9 Å². The minimum absolute atomic E-state index is 0.0702. The van der Waals surface area contributed by atoms with Crippen molar-refractivity contribution in [3.8, 4) is 11.5 Å². The SMILES string of the molecule is COc1ccc(/C=C/C(=O)c2ccc(OC(F)F)cc2)cc1COCC(F)(F)F. The lowest BCUT2D eigenvalue weighted by Gasteiger charge is -2.11. The highest BCUT2D eigenvalue weighted by Gasteiger charge is 2.27. The quantitative estimate of drug-likeness (QED) is 0.317. The zero-order valence-electron chi connectivity index (χ0n) is 15.2. The van der Waals surface area contributed by atoms with E-state index in [1.54, 1.807) is 18.2 Å². The van der Waals surface area contributed by atoms with E-state index in [-0.39, 0.29) is 23.7 Å². The van der Waals surface area contributed by atoms with Gasteiger partial charge in [-0.15, -0.1) is 0 Å². The lowest BCUT2D eigenvalue weighted by Crippen LogP contribution is -2.16. The second-order valence-electron chi connectivity index (χ2n) is 5.78. The molecular weight excluding hydrogens is 399 g/mol. The summed E-state index contributed by atoms with van der Waals surface area (Å²) in [6.07, 6.45) is -1.71. The predicted molar refractivity (Wildman–Crippen MR) is 95.1 cm³/mol. The molecule has 9 heteroatoms. The van der Waals surface area contributed by atoms with E-state index in [1.807, 2.05) is 0 Å². The summed E-state index contributed by atoms with van der Waals surface area (Å²) in [5.41, 5.74) is 1.19. The van der Waals surface area contributed by atoms with Gasteiger partial charge in [-0.05, 0) is 48.0 Å². The lowest BCUT2D eigenvalue weighted by atomic mass is 10.1. The van der Waals surface area contributed by atoms with E-state index in [2.05, 4.69) is 9.47 Å². The number of hydrogen-bond acceptors (Lipinski definition) is 4. The molecule has 0 aliphatic rings. The fraction of sp³-hybridized carbons (Fsp3) is 0.250. The van der Waals surface area contributed by atoms with Crippen molar-refractivity contribution in [2.45, 2.75) is 19.4 Å². The third-order valence-electron chi connectivity index (χ3n) is 3.62. The van der Waals surface area contributed by atoms with Gasteiger partial charge in [-0.1, -0.05) is 12.1 Å². The van der Waals surface area contributed by atoms with E-state index in [4.69, 9.17) is 4.74 Å². The second-order valence-corrected chi connectivity index (χ2v) is 5.78. The number of ether oxygens (including phenoxy) is 3. The molecule has 0 fully saturated rings. The van der Waals surface area contributed by atoms with E-state index >= 15 is 0 Å². The van der Waals surface area contributed by atoms with E-state index < -0.39 is 19.4 Å². The largest absolute Gasteiger partial charge is 0.496 e. The maximum absolute atomic E-state index is 12.2. The molecule has 0 N–H and O–H groups in total. The third-order valence-corrected chi connectivity index (χ3v) is 3.62. The monoisotopic (exact) mass is 416 g/mol. The Morgan fingerprint density at radius 2 is 1.79 bits per heavy atom. The van der Waals surface area contributed by atoms with Gasteiger partial charge in [0.05, 0.1) is 13.7 Å². The first-order valence-corrected chi connectivity index (χ1v) is 8.26. The van der Waals surface area contributed by atoms with Gasteiger partial charge in [0.2, 0.25) is 0 Å². The fourth-order valence-electron chi connectivity index (χ4n) is 2.36. The van der Waals surface area contributed by atoms with Gasteiger partial charge in [0.15, 0.2) is 5.78 Å². The summed E-state index contributed by atoms with van der Waals surface area (Å²) in [5, 5.41) is 0. The summed E-state index contributed by atoms with van der Waals surface area (Å²) in [7, 11) is 1.38. The summed E-state index contributed by atoms with van der Waals surface area (Å²) in [6.45, 7) is -4.66. The molecule has 0 aliphatic heterocycles. The van der Waals surface area contributed by atoms with Crippen LogP contribution in [0.15, 0.2) is 48.5 Å². The molecule has 0 atom stereocenters. The molecular formula is C20H17F5O4. The maximum atomic E-state index is 12.2. The standard InChI is InChI=1S/C20H17F5O4/c1-27-18-9-3-13(10-15(18)11-28-12-20(23,24)25)2-8-17(26)14-4-6-16(7-5-14)29-19(21)22/h2-10,19H,11-12H2,1H3/b8-2+. The van der Waals surface area contributed by atoms with Gasteiger partial charge in [0.25, 0.3) is 0 Å². The van der Waals surface area contributed by atoms with Crippen LogP contribution in [0.1, 0.15) is 21.5 Å². The summed E-state index contributed by atoms with van der Waals surface area (Å²) >= 11 is 0. The first-order chi connectivity index (χ1) is 13.7. The summed E-state index contributed by atoms with van der Waals surface area (Å²) in [6, 6.07) is 9.89. The Kier molecular flexibility index (Phi) is 7.72. The molecule has 0 saturated carbocycles. The summed E-state index contributed by atoms with van der Waals surface area (Å²) in [5.74, 6) is -0.108. The van der Waals surface area contributed by atoms with E-state index in [0.717, 1.165) is 0 Å². The Bertz CT molecular complexity index is 845. The smallest absolute Gasteiger partial charge is 0.411 e. The molecule has 2 aromatic carbocycles. The van der Waals surface area contributed by atoms with Gasteiger partial charge in [-0.2, -0.15) is 22.0 Å². The van der Waals surface area contributed by atoms with Crippen LogP contribution in [0.3, 0.4) is 0 Å². The lowest BCUT2D eigenvalue weighted by molar-refractivity contribution is -0.176. The molecule has 0 unspecified atom stereocenters. The Hall–Kier alpha value is -2.94. The van der Waals surface area contributed by atoms with Gasteiger partial charge in [0.1, 0.15) is 18.1 Å². The van der Waals surface area contributed by atoms with Crippen LogP contribution in [-0.2, 0) is 11.3 Å². The average Bonchev–Trinajstić information content (AvgIpc) is 2.65. The van der Waals surface area contributed by atoms with Crippen molar-refractivity contribution < 1.29 is 41.0 Å². The highest BCUT2D eigenvalue weighted by molar-refractivity contribution is 6.06. The van der Waals surface area contributed by atoms with Crippen LogP contribution in [0.2, 0.25) is 0 Å². The van der Waals surface area contributed by atoms with E-state index in [1.165, 1.54) is 43.5 Å². The molecule has 0 spiro atoms. The molecule has 2 rings (SSSR count). The van der Waals surface area contributed by atoms with Crippen LogP contribution in [0.25, 0.3) is 6.08 Å². The minimum Gasteiger partial charge on any atom is -0.496 e. The molecule has 0 aliphatic carbocycles. The predicted octanol–water partition coefficient (Wildman–Crippen LogP) is 5.27. The van der Waals surface area contributed by atoms with Crippen LogP contribution in [0.5, 0.6) is 11.5 Å². The van der Waals surface area contributed by atoms with Crippen molar-refractivity contribution in [1.29, 1.82) is 0 Å². The number of carbonyl (C=O) groups excluding carboxylic acids is 1. The summed E-state index contributed by atoms with van der Waals surface area (Å²) in [4.78, 5) is 12.2. The first-order valence-electron chi connectivity index (χ1n) is 8.26. The number of halogens is 5. The molecule has 0 amide bonds. The van der Waals surface area contributed by atoms with Crippen molar-refractivity contribution in [2.75, 3.05) is 13.7 Å². The zero-order valence-corrected chi connectivity index (χ0v) is 15.2.